The van der Waals surface area contributed by atoms with Gasteiger partial charge < -0.3 is 10.1 Å². The Balaban J connectivity index is 1.98. The van der Waals surface area contributed by atoms with Crippen molar-refractivity contribution in [1.29, 1.82) is 0 Å². The fraction of sp³-hybridized carbons (Fsp3) is 0.500. The predicted molar refractivity (Wildman–Crippen MR) is 98.8 cm³/mol. The number of sulfone groups is 1. The van der Waals surface area contributed by atoms with Gasteiger partial charge in [0.25, 0.3) is 0 Å². The second-order valence-electron chi connectivity index (χ2n) is 5.81. The van der Waals surface area contributed by atoms with Gasteiger partial charge in [-0.1, -0.05) is 12.1 Å². The van der Waals surface area contributed by atoms with E-state index < -0.39 is 9.84 Å². The van der Waals surface area contributed by atoms with Gasteiger partial charge >= 0.3 is 0 Å². The topological polar surface area (TPSA) is 79.0 Å². The number of benzene rings is 1. The molecule has 1 amide bonds. The number of methoxy groups -OCH3 is 1. The summed E-state index contributed by atoms with van der Waals surface area (Å²) < 4.78 is 28.0. The van der Waals surface area contributed by atoms with Gasteiger partial charge in [0, 0.05) is 33.0 Å². The van der Waals surface area contributed by atoms with Crippen molar-refractivity contribution in [3.05, 3.63) is 29.8 Å². The average molecular weight is 386 g/mol. The van der Waals surface area contributed by atoms with Gasteiger partial charge in [-0.05, 0) is 36.3 Å². The summed E-state index contributed by atoms with van der Waals surface area (Å²) in [7, 11) is -1.62. The van der Waals surface area contributed by atoms with Crippen LogP contribution in [0.1, 0.15) is 12.0 Å². The van der Waals surface area contributed by atoms with Crippen molar-refractivity contribution < 1.29 is 17.9 Å². The molecule has 9 heteroatoms. The molecule has 1 heterocycles. The minimum atomic E-state index is -3.23. The monoisotopic (exact) mass is 385 g/mol. The first kappa shape index (κ1) is 19.6. The molecule has 25 heavy (non-hydrogen) atoms. The van der Waals surface area contributed by atoms with E-state index >= 15 is 0 Å². The quantitative estimate of drug-likeness (QED) is 0.567. The van der Waals surface area contributed by atoms with Gasteiger partial charge in [0.1, 0.15) is 0 Å². The summed E-state index contributed by atoms with van der Waals surface area (Å²) in [5, 5.41) is 7.00. The molecule has 0 saturated carbocycles. The van der Waals surface area contributed by atoms with Crippen LogP contribution in [0.25, 0.3) is 0 Å². The van der Waals surface area contributed by atoms with Crippen molar-refractivity contribution in [3.8, 4) is 0 Å². The number of hydrogen-bond donors (Lipinski definition) is 1. The molecule has 0 unspecified atom stereocenters. The summed E-state index contributed by atoms with van der Waals surface area (Å²) in [5.41, 5.74) is 0.766. The number of nitrogens with one attached hydrogen (secondary N) is 1. The third-order valence-corrected chi connectivity index (χ3v) is 5.33. The molecule has 1 aliphatic heterocycles. The highest BCUT2D eigenvalue weighted by Crippen LogP contribution is 2.15. The zero-order chi connectivity index (χ0) is 18.4. The van der Waals surface area contributed by atoms with Gasteiger partial charge in [-0.3, -0.25) is 14.8 Å². The van der Waals surface area contributed by atoms with Crippen molar-refractivity contribution >= 4 is 33.1 Å². The zero-order valence-electron chi connectivity index (χ0n) is 14.4. The molecule has 1 aliphatic rings. The second-order valence-corrected chi connectivity index (χ2v) is 8.21. The number of hydrogen-bond acceptors (Lipinski definition) is 5. The Labute approximate surface area is 153 Å². The Morgan fingerprint density at radius 3 is 2.48 bits per heavy atom. The van der Waals surface area contributed by atoms with Gasteiger partial charge in [-0.2, -0.15) is 0 Å². The molecule has 1 aromatic rings. The van der Waals surface area contributed by atoms with Crippen LogP contribution in [-0.4, -0.2) is 69.1 Å². The van der Waals surface area contributed by atoms with Crippen molar-refractivity contribution in [3.63, 3.8) is 0 Å². The van der Waals surface area contributed by atoms with Crippen molar-refractivity contribution in [2.45, 2.75) is 17.7 Å². The Morgan fingerprint density at radius 1 is 1.24 bits per heavy atom. The Bertz CT molecular complexity index is 719. The standard InChI is InChI=1S/C16H23N3O4S2/c1-23-11-8-17-16(24)19-10-3-9-18(19)15(20)12-13-4-6-14(7-5-13)25(2,21)22/h4-7H,3,8-12H2,1-2H3,(H,17,24). The Morgan fingerprint density at radius 2 is 1.88 bits per heavy atom. The first-order valence-electron chi connectivity index (χ1n) is 7.96. The maximum Gasteiger partial charge on any atom is 0.245 e. The van der Waals surface area contributed by atoms with E-state index in [1.165, 1.54) is 12.1 Å². The molecule has 0 atom stereocenters. The minimum absolute atomic E-state index is 0.0690. The smallest absolute Gasteiger partial charge is 0.245 e. The number of carbonyl (C=O) groups excluding carboxylic acids is 1. The number of amides is 1. The van der Waals surface area contributed by atoms with Crippen LogP contribution in [0.3, 0.4) is 0 Å². The van der Waals surface area contributed by atoms with E-state index in [4.69, 9.17) is 17.0 Å². The lowest BCUT2D eigenvalue weighted by Gasteiger charge is -2.30. The number of thiocarbonyl (C=S) groups is 1. The summed E-state index contributed by atoms with van der Waals surface area (Å²) >= 11 is 5.34. The van der Waals surface area contributed by atoms with E-state index in [-0.39, 0.29) is 17.2 Å². The highest BCUT2D eigenvalue weighted by Gasteiger charge is 2.28. The second kappa shape index (κ2) is 8.59. The SMILES string of the molecule is COCCNC(=S)N1CCCN1C(=O)Cc1ccc(S(C)(=O)=O)cc1. The molecule has 1 fully saturated rings. The van der Waals surface area contributed by atoms with Crippen molar-refractivity contribution in [1.82, 2.24) is 15.3 Å². The summed E-state index contributed by atoms with van der Waals surface area (Å²) in [6.45, 7) is 2.43. The van der Waals surface area contributed by atoms with Gasteiger partial charge in [-0.15, -0.1) is 0 Å². The number of carbonyl (C=O) groups is 1. The molecule has 0 spiro atoms. The van der Waals surface area contributed by atoms with Gasteiger partial charge in [-0.25, -0.2) is 8.42 Å². The molecule has 0 bridgehead atoms. The van der Waals surface area contributed by atoms with Crippen LogP contribution >= 0.6 is 12.2 Å². The molecule has 1 saturated heterocycles. The number of ether oxygens (including phenoxy) is 1. The molecule has 0 aliphatic carbocycles. The van der Waals surface area contributed by atoms with Crippen molar-refractivity contribution in [2.75, 3.05) is 39.6 Å². The van der Waals surface area contributed by atoms with Crippen LogP contribution in [0.2, 0.25) is 0 Å². The van der Waals surface area contributed by atoms with Crippen LogP contribution in [0, 0.1) is 0 Å². The molecule has 1 aromatic carbocycles. The molecular formula is C16H23N3O4S2. The maximum atomic E-state index is 12.6. The van der Waals surface area contributed by atoms with Gasteiger partial charge in [0.15, 0.2) is 14.9 Å². The zero-order valence-corrected chi connectivity index (χ0v) is 16.0. The summed E-state index contributed by atoms with van der Waals surface area (Å²) in [5.74, 6) is -0.0690. The molecule has 7 nitrogen and oxygen atoms in total. The summed E-state index contributed by atoms with van der Waals surface area (Å²) in [4.78, 5) is 12.8. The van der Waals surface area contributed by atoms with Crippen LogP contribution in [0.5, 0.6) is 0 Å². The van der Waals surface area contributed by atoms with Gasteiger partial charge in [0.05, 0.1) is 17.9 Å². The molecule has 138 valence electrons. The Hall–Kier alpha value is -1.71. The minimum Gasteiger partial charge on any atom is -0.383 e. The fourth-order valence-corrected chi connectivity index (χ4v) is 3.48. The number of hydrazine groups is 1. The Kier molecular flexibility index (Phi) is 6.74. The third kappa shape index (κ3) is 5.38. The van der Waals surface area contributed by atoms with Crippen LogP contribution in [0.4, 0.5) is 0 Å². The predicted octanol–water partition coefficient (Wildman–Crippen LogP) is 0.603. The molecule has 2 rings (SSSR count). The van der Waals surface area contributed by atoms with E-state index in [2.05, 4.69) is 5.32 Å². The van der Waals surface area contributed by atoms with E-state index in [0.717, 1.165) is 18.2 Å². The van der Waals surface area contributed by atoms with Gasteiger partial charge in [0.2, 0.25) is 5.91 Å². The fourth-order valence-electron chi connectivity index (χ4n) is 2.55. The third-order valence-electron chi connectivity index (χ3n) is 3.84. The average Bonchev–Trinajstić information content (AvgIpc) is 3.04. The van der Waals surface area contributed by atoms with Crippen LogP contribution in [-0.2, 0) is 25.8 Å². The lowest BCUT2D eigenvalue weighted by atomic mass is 10.1. The lowest BCUT2D eigenvalue weighted by Crippen LogP contribution is -2.50. The first-order valence-corrected chi connectivity index (χ1v) is 10.3. The molecule has 1 N–H and O–H groups in total. The summed E-state index contributed by atoms with van der Waals surface area (Å²) in [6.07, 6.45) is 2.21. The van der Waals surface area contributed by atoms with E-state index in [9.17, 15) is 13.2 Å². The summed E-state index contributed by atoms with van der Waals surface area (Å²) in [6, 6.07) is 6.39. The lowest BCUT2D eigenvalue weighted by molar-refractivity contribution is -0.138. The molecular weight excluding hydrogens is 362 g/mol. The van der Waals surface area contributed by atoms with E-state index in [1.54, 1.807) is 29.3 Å². The van der Waals surface area contributed by atoms with Crippen molar-refractivity contribution in [2.24, 2.45) is 0 Å². The van der Waals surface area contributed by atoms with E-state index in [1.807, 2.05) is 0 Å². The molecule has 0 aromatic heterocycles. The van der Waals surface area contributed by atoms with Crippen LogP contribution in [0.15, 0.2) is 29.2 Å². The highest BCUT2D eigenvalue weighted by atomic mass is 32.2. The molecule has 0 radical (unpaired) electrons. The highest BCUT2D eigenvalue weighted by molar-refractivity contribution is 7.90. The normalized spacial score (nSPS) is 14.6. The van der Waals surface area contributed by atoms with E-state index in [0.29, 0.717) is 31.4 Å². The number of nitrogens with zero attached hydrogens (tertiary/aromatic N) is 2. The first-order chi connectivity index (χ1) is 11.8. The van der Waals surface area contributed by atoms with Crippen LogP contribution < -0.4 is 5.32 Å². The largest absolute Gasteiger partial charge is 0.383 e. The number of rotatable bonds is 6. The maximum absolute atomic E-state index is 12.6.